The Bertz CT molecular complexity index is 887. The smallest absolute Gasteiger partial charge is 0.306 e. The normalized spacial score (nSPS) is 10.0. The van der Waals surface area contributed by atoms with Crippen molar-refractivity contribution in [3.8, 4) is 0 Å². The van der Waals surface area contributed by atoms with Crippen LogP contribution in [-0.4, -0.2) is 29.5 Å². The van der Waals surface area contributed by atoms with Gasteiger partial charge in [-0.05, 0) is 36.0 Å². The molecule has 0 unspecified atom stereocenters. The lowest BCUT2D eigenvalue weighted by Gasteiger charge is -2.11. The van der Waals surface area contributed by atoms with Crippen molar-refractivity contribution in [2.24, 2.45) is 0 Å². The van der Waals surface area contributed by atoms with E-state index in [1.54, 1.807) is 31.2 Å². The Hall–Kier alpha value is -3.26. The number of rotatable bonds is 9. The second kappa shape index (κ2) is 12.3. The van der Waals surface area contributed by atoms with Gasteiger partial charge >= 0.3 is 5.97 Å². The van der Waals surface area contributed by atoms with Gasteiger partial charge in [0.1, 0.15) is 0 Å². The molecule has 2 aromatic rings. The fourth-order valence-electron chi connectivity index (χ4n) is 2.49. The first-order valence-electron chi connectivity index (χ1n) is 9.66. The first-order valence-corrected chi connectivity index (χ1v) is 10.1. The summed E-state index contributed by atoms with van der Waals surface area (Å²) in [7, 11) is 0. The van der Waals surface area contributed by atoms with Crippen LogP contribution in [0.4, 0.5) is 11.4 Å². The molecule has 0 saturated heterocycles. The van der Waals surface area contributed by atoms with Crippen LogP contribution in [0, 0.1) is 0 Å². The lowest BCUT2D eigenvalue weighted by Crippen LogP contribution is -2.34. The van der Waals surface area contributed by atoms with Gasteiger partial charge in [-0.3, -0.25) is 14.4 Å². The fraction of sp³-hybridized carbons (Fsp3) is 0.273. The summed E-state index contributed by atoms with van der Waals surface area (Å²) in [4.78, 5) is 35.2. The van der Waals surface area contributed by atoms with Crippen LogP contribution in [0.25, 0.3) is 0 Å². The van der Waals surface area contributed by atoms with Gasteiger partial charge in [-0.25, -0.2) is 0 Å². The van der Waals surface area contributed by atoms with Gasteiger partial charge in [0.15, 0.2) is 5.11 Å². The summed E-state index contributed by atoms with van der Waals surface area (Å²) in [6.45, 7) is 2.04. The summed E-state index contributed by atoms with van der Waals surface area (Å²) in [6.07, 6.45) is 0.950. The maximum Gasteiger partial charge on any atom is 0.306 e. The molecule has 0 saturated carbocycles. The molecule has 0 aliphatic heterocycles. The zero-order valence-electron chi connectivity index (χ0n) is 16.8. The summed E-state index contributed by atoms with van der Waals surface area (Å²) in [5.41, 5.74) is 2.33. The van der Waals surface area contributed by atoms with Crippen molar-refractivity contribution >= 4 is 46.5 Å². The zero-order chi connectivity index (χ0) is 21.8. The summed E-state index contributed by atoms with van der Waals surface area (Å²) in [5.74, 6) is -0.916. The molecule has 158 valence electrons. The minimum atomic E-state index is -0.431. The Kier molecular flexibility index (Phi) is 9.47. The van der Waals surface area contributed by atoms with Crippen molar-refractivity contribution < 1.29 is 19.1 Å². The summed E-state index contributed by atoms with van der Waals surface area (Å²) < 4.78 is 5.15. The van der Waals surface area contributed by atoms with Crippen LogP contribution in [0.1, 0.15) is 31.7 Å². The summed E-state index contributed by atoms with van der Waals surface area (Å²) in [5, 5.41) is 8.25. The number of carbonyl (C=O) groups is 3. The third-order valence-electron chi connectivity index (χ3n) is 4.03. The van der Waals surface area contributed by atoms with E-state index in [2.05, 4.69) is 16.0 Å². The number of carbonyl (C=O) groups excluding carboxylic acids is 3. The maximum absolute atomic E-state index is 12.0. The predicted octanol–water partition coefficient (Wildman–Crippen LogP) is 3.41. The van der Waals surface area contributed by atoms with Gasteiger partial charge in [0.2, 0.25) is 11.8 Å². The van der Waals surface area contributed by atoms with Crippen LogP contribution in [0.15, 0.2) is 54.6 Å². The topological polar surface area (TPSA) is 96.5 Å². The van der Waals surface area contributed by atoms with Gasteiger partial charge in [-0.2, -0.15) is 0 Å². The van der Waals surface area contributed by atoms with E-state index in [4.69, 9.17) is 17.0 Å². The average molecular weight is 428 g/mol. The highest BCUT2D eigenvalue weighted by molar-refractivity contribution is 7.80. The molecule has 2 aromatic carbocycles. The predicted molar refractivity (Wildman–Crippen MR) is 120 cm³/mol. The van der Waals surface area contributed by atoms with E-state index in [0.29, 0.717) is 24.2 Å². The molecule has 0 aliphatic carbocycles. The molecule has 0 aromatic heterocycles. The molecule has 8 heteroatoms. The molecule has 0 aliphatic rings. The van der Waals surface area contributed by atoms with Crippen molar-refractivity contribution in [2.45, 2.75) is 32.6 Å². The molecule has 7 nitrogen and oxygen atoms in total. The van der Waals surface area contributed by atoms with Crippen molar-refractivity contribution in [3.63, 3.8) is 0 Å². The second-order valence-electron chi connectivity index (χ2n) is 6.44. The van der Waals surface area contributed by atoms with Gasteiger partial charge in [0.25, 0.3) is 0 Å². The lowest BCUT2D eigenvalue weighted by molar-refractivity contribution is -0.144. The van der Waals surface area contributed by atoms with Gasteiger partial charge in [0.05, 0.1) is 13.0 Å². The van der Waals surface area contributed by atoms with E-state index in [1.165, 1.54) is 0 Å². The highest BCUT2D eigenvalue weighted by Crippen LogP contribution is 2.15. The Morgan fingerprint density at radius 3 is 2.30 bits per heavy atom. The van der Waals surface area contributed by atoms with Crippen LogP contribution in [-0.2, 0) is 25.5 Å². The number of benzene rings is 2. The minimum absolute atomic E-state index is 0.0260. The lowest BCUT2D eigenvalue weighted by atomic mass is 10.2. The Balaban J connectivity index is 1.68. The van der Waals surface area contributed by atoms with E-state index < -0.39 is 5.97 Å². The van der Waals surface area contributed by atoms with E-state index >= 15 is 0 Å². The highest BCUT2D eigenvalue weighted by Gasteiger charge is 2.10. The number of amides is 2. The van der Waals surface area contributed by atoms with Crippen molar-refractivity contribution in [2.75, 3.05) is 17.2 Å². The molecule has 0 heterocycles. The molecule has 0 fully saturated rings. The fourth-order valence-corrected chi connectivity index (χ4v) is 2.72. The molecule has 0 radical (unpaired) electrons. The van der Waals surface area contributed by atoms with E-state index in [9.17, 15) is 14.4 Å². The molecular formula is C22H25N3O4S. The van der Waals surface area contributed by atoms with Gasteiger partial charge in [-0.1, -0.05) is 43.3 Å². The van der Waals surface area contributed by atoms with Crippen molar-refractivity contribution in [1.29, 1.82) is 0 Å². The van der Waals surface area contributed by atoms with Gasteiger partial charge < -0.3 is 20.7 Å². The number of hydrogen-bond acceptors (Lipinski definition) is 5. The van der Waals surface area contributed by atoms with Gasteiger partial charge in [-0.15, -0.1) is 0 Å². The SMILES string of the molecule is CCC(=O)Nc1cccc(NC(=S)NC(=O)CCC(=O)OCCc2ccccc2)c1. The molecule has 2 rings (SSSR count). The van der Waals surface area contributed by atoms with Crippen molar-refractivity contribution in [1.82, 2.24) is 5.32 Å². The largest absolute Gasteiger partial charge is 0.465 e. The number of esters is 1. The molecule has 3 N–H and O–H groups in total. The molecule has 30 heavy (non-hydrogen) atoms. The number of anilines is 2. The first kappa shape index (κ1) is 23.0. The Labute approximate surface area is 181 Å². The molecule has 0 spiro atoms. The average Bonchev–Trinajstić information content (AvgIpc) is 2.73. The number of thiocarbonyl (C=S) groups is 1. The first-order chi connectivity index (χ1) is 14.5. The number of nitrogens with one attached hydrogen (secondary N) is 3. The Morgan fingerprint density at radius 1 is 0.900 bits per heavy atom. The van der Waals surface area contributed by atoms with Crippen LogP contribution >= 0.6 is 12.2 Å². The zero-order valence-corrected chi connectivity index (χ0v) is 17.6. The quantitative estimate of drug-likeness (QED) is 0.419. The highest BCUT2D eigenvalue weighted by atomic mass is 32.1. The molecular weight excluding hydrogens is 402 g/mol. The number of ether oxygens (including phenoxy) is 1. The third-order valence-corrected chi connectivity index (χ3v) is 4.24. The van der Waals surface area contributed by atoms with E-state index in [1.807, 2.05) is 30.3 Å². The summed E-state index contributed by atoms with van der Waals surface area (Å²) >= 11 is 5.12. The molecule has 2 amide bonds. The van der Waals surface area contributed by atoms with E-state index in [-0.39, 0.29) is 36.4 Å². The molecule has 0 bridgehead atoms. The minimum Gasteiger partial charge on any atom is -0.465 e. The standard InChI is InChI=1S/C22H25N3O4S/c1-2-19(26)23-17-9-6-10-18(15-17)24-22(30)25-20(27)11-12-21(28)29-14-13-16-7-4-3-5-8-16/h3-10,15H,2,11-14H2,1H3,(H,23,26)(H2,24,25,27,30). The Morgan fingerprint density at radius 2 is 1.60 bits per heavy atom. The maximum atomic E-state index is 12.0. The summed E-state index contributed by atoms with van der Waals surface area (Å²) in [6, 6.07) is 16.7. The van der Waals surface area contributed by atoms with E-state index in [0.717, 1.165) is 5.56 Å². The van der Waals surface area contributed by atoms with Crippen LogP contribution < -0.4 is 16.0 Å². The number of hydrogen-bond donors (Lipinski definition) is 3. The van der Waals surface area contributed by atoms with Crippen LogP contribution in [0.2, 0.25) is 0 Å². The van der Waals surface area contributed by atoms with Crippen LogP contribution in [0.5, 0.6) is 0 Å². The van der Waals surface area contributed by atoms with Gasteiger partial charge in [0, 0.05) is 30.6 Å². The monoisotopic (exact) mass is 427 g/mol. The second-order valence-corrected chi connectivity index (χ2v) is 6.85. The third kappa shape index (κ3) is 8.83. The van der Waals surface area contributed by atoms with Crippen molar-refractivity contribution in [3.05, 3.63) is 60.2 Å². The molecule has 0 atom stereocenters. The van der Waals surface area contributed by atoms with Crippen LogP contribution in [0.3, 0.4) is 0 Å².